The summed E-state index contributed by atoms with van der Waals surface area (Å²) >= 11 is 0.996. The van der Waals surface area contributed by atoms with Crippen LogP contribution in [0.5, 0.6) is 0 Å². The van der Waals surface area contributed by atoms with Gasteiger partial charge in [-0.1, -0.05) is 0 Å². The van der Waals surface area contributed by atoms with Gasteiger partial charge in [-0.05, 0) is 51.0 Å². The maximum atomic E-state index is 12.7. The van der Waals surface area contributed by atoms with Crippen LogP contribution < -0.4 is 5.32 Å². The van der Waals surface area contributed by atoms with Crippen molar-refractivity contribution in [2.75, 3.05) is 31.6 Å². The molecule has 1 aromatic carbocycles. The van der Waals surface area contributed by atoms with Crippen LogP contribution in [0, 0.1) is 0 Å². The van der Waals surface area contributed by atoms with E-state index in [2.05, 4.69) is 5.32 Å². The minimum absolute atomic E-state index is 0.0117. The zero-order valence-corrected chi connectivity index (χ0v) is 19.4. The van der Waals surface area contributed by atoms with Gasteiger partial charge in [0.25, 0.3) is 5.91 Å². The highest BCUT2D eigenvalue weighted by Crippen LogP contribution is 2.30. The number of benzene rings is 1. The molecule has 0 atom stereocenters. The molecule has 1 aliphatic rings. The van der Waals surface area contributed by atoms with Gasteiger partial charge in [-0.15, -0.1) is 11.3 Å². The van der Waals surface area contributed by atoms with E-state index in [1.165, 1.54) is 34.0 Å². The highest BCUT2D eigenvalue weighted by atomic mass is 32.2. The lowest BCUT2D eigenvalue weighted by Crippen LogP contribution is -2.27. The van der Waals surface area contributed by atoms with Crippen molar-refractivity contribution in [3.05, 3.63) is 46.3 Å². The second kappa shape index (κ2) is 10.2. The van der Waals surface area contributed by atoms with E-state index in [4.69, 9.17) is 9.47 Å². The summed E-state index contributed by atoms with van der Waals surface area (Å²) in [5, 5.41) is 4.17. The van der Waals surface area contributed by atoms with Crippen molar-refractivity contribution < 1.29 is 32.3 Å². The van der Waals surface area contributed by atoms with Crippen LogP contribution in [0.1, 0.15) is 57.8 Å². The standard InChI is InChI=1S/C21H24N2O7S2/c1-3-29-20(25)16-13-31-19(17(16)21(26)30-4-2)22-18(24)14-7-9-15(10-8-14)32(27,28)23-11-5-6-12-23/h7-10,13H,3-6,11-12H2,1-2H3,(H,22,24). The van der Waals surface area contributed by atoms with Crippen molar-refractivity contribution in [2.45, 2.75) is 31.6 Å². The monoisotopic (exact) mass is 480 g/mol. The fraction of sp³-hybridized carbons (Fsp3) is 0.381. The van der Waals surface area contributed by atoms with Gasteiger partial charge in [0.2, 0.25) is 10.0 Å². The summed E-state index contributed by atoms with van der Waals surface area (Å²) in [5.41, 5.74) is 0.140. The van der Waals surface area contributed by atoms with E-state index >= 15 is 0 Å². The maximum Gasteiger partial charge on any atom is 0.342 e. The zero-order valence-electron chi connectivity index (χ0n) is 17.8. The number of anilines is 1. The number of thiophene rings is 1. The van der Waals surface area contributed by atoms with E-state index in [1.54, 1.807) is 13.8 Å². The lowest BCUT2D eigenvalue weighted by atomic mass is 10.1. The first-order chi connectivity index (χ1) is 15.3. The van der Waals surface area contributed by atoms with Gasteiger partial charge in [-0.25, -0.2) is 18.0 Å². The molecule has 2 heterocycles. The second-order valence-corrected chi connectivity index (χ2v) is 9.70. The molecule has 1 N–H and O–H groups in total. The van der Waals surface area contributed by atoms with Crippen LogP contribution in [-0.2, 0) is 19.5 Å². The molecule has 0 unspecified atom stereocenters. The first kappa shape index (κ1) is 23.9. The molecule has 0 bridgehead atoms. The third kappa shape index (κ3) is 5.00. The summed E-state index contributed by atoms with van der Waals surface area (Å²) in [6.45, 7) is 4.47. The van der Waals surface area contributed by atoms with Crippen LogP contribution in [0.25, 0.3) is 0 Å². The molecule has 1 aliphatic heterocycles. The molecule has 0 radical (unpaired) electrons. The van der Waals surface area contributed by atoms with Gasteiger partial charge in [0.05, 0.1) is 23.7 Å². The van der Waals surface area contributed by atoms with Crippen molar-refractivity contribution in [2.24, 2.45) is 0 Å². The SMILES string of the molecule is CCOC(=O)c1csc(NC(=O)c2ccc(S(=O)(=O)N3CCCC3)cc2)c1C(=O)OCC. The second-order valence-electron chi connectivity index (χ2n) is 6.88. The Hall–Kier alpha value is -2.76. The molecular formula is C21H24N2O7S2. The molecular weight excluding hydrogens is 456 g/mol. The predicted molar refractivity (Wildman–Crippen MR) is 119 cm³/mol. The fourth-order valence-electron chi connectivity index (χ4n) is 3.25. The molecule has 1 fully saturated rings. The number of ether oxygens (including phenoxy) is 2. The van der Waals surface area contributed by atoms with E-state index in [0.717, 1.165) is 24.2 Å². The van der Waals surface area contributed by atoms with Gasteiger partial charge in [-0.2, -0.15) is 4.31 Å². The average Bonchev–Trinajstić information content (AvgIpc) is 3.45. The van der Waals surface area contributed by atoms with Crippen LogP contribution in [0.4, 0.5) is 5.00 Å². The first-order valence-corrected chi connectivity index (χ1v) is 12.5. The molecule has 1 saturated heterocycles. The molecule has 172 valence electrons. The van der Waals surface area contributed by atoms with Crippen molar-refractivity contribution in [1.29, 1.82) is 0 Å². The topological polar surface area (TPSA) is 119 Å². The number of hydrogen-bond donors (Lipinski definition) is 1. The Morgan fingerprint density at radius 3 is 2.19 bits per heavy atom. The number of hydrogen-bond acceptors (Lipinski definition) is 8. The van der Waals surface area contributed by atoms with Crippen LogP contribution >= 0.6 is 11.3 Å². The number of amides is 1. The first-order valence-electron chi connectivity index (χ1n) is 10.2. The van der Waals surface area contributed by atoms with E-state index in [0.29, 0.717) is 13.1 Å². The Bertz CT molecular complexity index is 1100. The van der Waals surface area contributed by atoms with Gasteiger partial charge in [-0.3, -0.25) is 4.79 Å². The summed E-state index contributed by atoms with van der Waals surface area (Å²) in [6, 6.07) is 5.57. The van der Waals surface area contributed by atoms with Gasteiger partial charge >= 0.3 is 11.9 Å². The average molecular weight is 481 g/mol. The minimum atomic E-state index is -3.58. The normalized spacial score (nSPS) is 14.2. The number of sulfonamides is 1. The van der Waals surface area contributed by atoms with Crippen molar-refractivity contribution in [3.8, 4) is 0 Å². The summed E-state index contributed by atoms with van der Waals surface area (Å²) in [7, 11) is -3.58. The summed E-state index contributed by atoms with van der Waals surface area (Å²) in [5.74, 6) is -2.00. The van der Waals surface area contributed by atoms with Crippen molar-refractivity contribution >= 4 is 44.2 Å². The van der Waals surface area contributed by atoms with Crippen molar-refractivity contribution in [3.63, 3.8) is 0 Å². The Morgan fingerprint density at radius 2 is 1.59 bits per heavy atom. The molecule has 0 aliphatic carbocycles. The minimum Gasteiger partial charge on any atom is -0.462 e. The number of rotatable bonds is 8. The number of carbonyl (C=O) groups is 3. The molecule has 0 spiro atoms. The Labute approximate surface area is 190 Å². The van der Waals surface area contributed by atoms with Crippen LogP contribution in [0.3, 0.4) is 0 Å². The van der Waals surface area contributed by atoms with Gasteiger partial charge in [0.15, 0.2) is 0 Å². The number of nitrogens with one attached hydrogen (secondary N) is 1. The van der Waals surface area contributed by atoms with Gasteiger partial charge < -0.3 is 14.8 Å². The molecule has 3 rings (SSSR count). The maximum absolute atomic E-state index is 12.7. The molecule has 32 heavy (non-hydrogen) atoms. The molecule has 9 nitrogen and oxygen atoms in total. The van der Waals surface area contributed by atoms with E-state index < -0.39 is 27.9 Å². The smallest absolute Gasteiger partial charge is 0.342 e. The largest absolute Gasteiger partial charge is 0.462 e. The van der Waals surface area contributed by atoms with Gasteiger partial charge in [0, 0.05) is 24.0 Å². The van der Waals surface area contributed by atoms with E-state index in [-0.39, 0.29) is 39.8 Å². The molecule has 2 aromatic rings. The number of carbonyl (C=O) groups excluding carboxylic acids is 3. The molecule has 0 saturated carbocycles. The molecule has 1 amide bonds. The zero-order chi connectivity index (χ0) is 23.3. The molecule has 11 heteroatoms. The fourth-order valence-corrected chi connectivity index (χ4v) is 5.68. The third-order valence-corrected chi connectivity index (χ3v) is 7.62. The van der Waals surface area contributed by atoms with Gasteiger partial charge in [0.1, 0.15) is 10.6 Å². The predicted octanol–water partition coefficient (Wildman–Crippen LogP) is 3.14. The lowest BCUT2D eigenvalue weighted by molar-refractivity contribution is 0.0481. The summed E-state index contributed by atoms with van der Waals surface area (Å²) in [6.07, 6.45) is 1.66. The van der Waals surface area contributed by atoms with Crippen LogP contribution in [0.15, 0.2) is 34.5 Å². The van der Waals surface area contributed by atoms with Crippen LogP contribution in [-0.4, -0.2) is 56.9 Å². The summed E-state index contributed by atoms with van der Waals surface area (Å²) in [4.78, 5) is 37.4. The van der Waals surface area contributed by atoms with Crippen molar-refractivity contribution in [1.82, 2.24) is 4.31 Å². The van der Waals surface area contributed by atoms with Crippen LogP contribution in [0.2, 0.25) is 0 Å². The third-order valence-electron chi connectivity index (χ3n) is 4.81. The highest BCUT2D eigenvalue weighted by molar-refractivity contribution is 7.89. The van der Waals surface area contributed by atoms with E-state index in [9.17, 15) is 22.8 Å². The summed E-state index contributed by atoms with van der Waals surface area (Å²) < 4.78 is 36.7. The molecule has 1 aromatic heterocycles. The lowest BCUT2D eigenvalue weighted by Gasteiger charge is -2.15. The Morgan fingerprint density at radius 1 is 1.00 bits per heavy atom. The number of esters is 2. The Kier molecular flexibility index (Phi) is 7.64. The highest BCUT2D eigenvalue weighted by Gasteiger charge is 2.28. The quantitative estimate of drug-likeness (QED) is 0.577. The van der Waals surface area contributed by atoms with E-state index in [1.807, 2.05) is 0 Å². The Balaban J connectivity index is 1.82. The number of nitrogens with zero attached hydrogens (tertiary/aromatic N) is 1.